The zero-order valence-corrected chi connectivity index (χ0v) is 19.6. The average Bonchev–Trinajstić information content (AvgIpc) is 2.89. The molecule has 34 heavy (non-hydrogen) atoms. The fraction of sp³-hybridized carbons (Fsp3) is 0.321. The minimum Gasteiger partial charge on any atom is -0.493 e. The number of aliphatic carboxylic acids is 1. The number of methoxy groups -OCH3 is 2. The summed E-state index contributed by atoms with van der Waals surface area (Å²) in [6.07, 6.45) is 1.23. The van der Waals surface area contributed by atoms with Gasteiger partial charge in [-0.25, -0.2) is 0 Å². The lowest BCUT2D eigenvalue weighted by Gasteiger charge is -2.37. The van der Waals surface area contributed by atoms with E-state index in [9.17, 15) is 9.90 Å². The Morgan fingerprint density at radius 2 is 1.59 bits per heavy atom. The highest BCUT2D eigenvalue weighted by atomic mass is 16.5. The summed E-state index contributed by atoms with van der Waals surface area (Å²) in [5.41, 5.74) is 3.18. The maximum Gasteiger partial charge on any atom is 0.306 e. The van der Waals surface area contributed by atoms with Gasteiger partial charge in [-0.1, -0.05) is 54.6 Å². The number of hydrogen-bond acceptors (Lipinski definition) is 5. The highest BCUT2D eigenvalue weighted by Gasteiger charge is 2.32. The molecule has 6 heteroatoms. The second kappa shape index (κ2) is 11.1. The third-order valence-corrected chi connectivity index (χ3v) is 6.42. The van der Waals surface area contributed by atoms with Gasteiger partial charge in [0.25, 0.3) is 0 Å². The molecule has 1 fully saturated rings. The Bertz CT molecular complexity index is 1090. The van der Waals surface area contributed by atoms with Crippen molar-refractivity contribution in [2.45, 2.75) is 25.5 Å². The van der Waals surface area contributed by atoms with Crippen LogP contribution in [-0.2, 0) is 11.4 Å². The highest BCUT2D eigenvalue weighted by molar-refractivity contribution is 5.70. The minimum atomic E-state index is -0.714. The summed E-state index contributed by atoms with van der Waals surface area (Å²) in [6.45, 7) is 1.84. The lowest BCUT2D eigenvalue weighted by Crippen LogP contribution is -2.39. The summed E-state index contributed by atoms with van der Waals surface area (Å²) >= 11 is 0. The number of rotatable bonds is 9. The summed E-state index contributed by atoms with van der Waals surface area (Å²) in [6, 6.07) is 24.0. The molecule has 0 saturated carbocycles. The van der Waals surface area contributed by atoms with Gasteiger partial charge in [-0.3, -0.25) is 9.69 Å². The molecule has 1 atom stereocenters. The number of likely N-dealkylation sites (tertiary alicyclic amines) is 1. The van der Waals surface area contributed by atoms with Crippen LogP contribution < -0.4 is 14.2 Å². The van der Waals surface area contributed by atoms with Crippen LogP contribution in [0.25, 0.3) is 0 Å². The number of carbonyl (C=O) groups is 1. The third kappa shape index (κ3) is 5.34. The predicted octanol–water partition coefficient (Wildman–Crippen LogP) is 5.17. The fourth-order valence-electron chi connectivity index (χ4n) is 4.59. The highest BCUT2D eigenvalue weighted by Crippen LogP contribution is 2.40. The number of benzene rings is 3. The van der Waals surface area contributed by atoms with E-state index >= 15 is 0 Å². The molecule has 1 heterocycles. The molecule has 0 amide bonds. The first kappa shape index (κ1) is 23.6. The Morgan fingerprint density at radius 1 is 0.912 bits per heavy atom. The monoisotopic (exact) mass is 461 g/mol. The van der Waals surface area contributed by atoms with Crippen molar-refractivity contribution in [3.05, 3.63) is 89.5 Å². The molecular formula is C28H31NO5. The van der Waals surface area contributed by atoms with Crippen molar-refractivity contribution in [3.8, 4) is 17.2 Å². The zero-order valence-electron chi connectivity index (χ0n) is 19.6. The molecule has 4 rings (SSSR count). The average molecular weight is 462 g/mol. The topological polar surface area (TPSA) is 68.2 Å². The van der Waals surface area contributed by atoms with Gasteiger partial charge in [-0.15, -0.1) is 0 Å². The number of carboxylic acid groups (broad SMARTS) is 1. The van der Waals surface area contributed by atoms with Gasteiger partial charge in [0.15, 0.2) is 11.5 Å². The van der Waals surface area contributed by atoms with Crippen LogP contribution in [0.3, 0.4) is 0 Å². The molecule has 6 nitrogen and oxygen atoms in total. The van der Waals surface area contributed by atoms with E-state index in [4.69, 9.17) is 14.2 Å². The normalized spacial score (nSPS) is 15.5. The van der Waals surface area contributed by atoms with Crippen molar-refractivity contribution in [2.75, 3.05) is 27.3 Å². The van der Waals surface area contributed by atoms with E-state index in [1.54, 1.807) is 14.2 Å². The van der Waals surface area contributed by atoms with Crippen LogP contribution in [0.4, 0.5) is 0 Å². The standard InChI is InChI=1S/C28H31NO5/c1-32-25-13-12-22(18-26(25)33-2)27(29-16-14-21(15-17-29)28(30)31)23-10-6-7-11-24(23)34-19-20-8-4-3-5-9-20/h3-13,18,21,27H,14-17,19H2,1-2H3,(H,30,31). The van der Waals surface area contributed by atoms with Crippen LogP contribution >= 0.6 is 0 Å². The Morgan fingerprint density at radius 3 is 2.26 bits per heavy atom. The molecule has 0 radical (unpaired) electrons. The molecule has 3 aromatic carbocycles. The summed E-state index contributed by atoms with van der Waals surface area (Å²) in [7, 11) is 3.25. The summed E-state index contributed by atoms with van der Waals surface area (Å²) < 4.78 is 17.3. The number of nitrogens with zero attached hydrogens (tertiary/aromatic N) is 1. The van der Waals surface area contributed by atoms with Crippen LogP contribution in [0, 0.1) is 5.92 Å². The first-order valence-electron chi connectivity index (χ1n) is 11.5. The van der Waals surface area contributed by atoms with Gasteiger partial charge in [0, 0.05) is 5.56 Å². The van der Waals surface area contributed by atoms with Crippen LogP contribution in [0.5, 0.6) is 17.2 Å². The van der Waals surface area contributed by atoms with Crippen molar-refractivity contribution < 1.29 is 24.1 Å². The number of para-hydroxylation sites is 1. The molecule has 1 unspecified atom stereocenters. The van der Waals surface area contributed by atoms with Crippen molar-refractivity contribution in [2.24, 2.45) is 5.92 Å². The molecule has 1 N–H and O–H groups in total. The minimum absolute atomic E-state index is 0.110. The largest absolute Gasteiger partial charge is 0.493 e. The Labute approximate surface area is 200 Å². The van der Waals surface area contributed by atoms with E-state index < -0.39 is 5.97 Å². The van der Waals surface area contributed by atoms with Crippen LogP contribution in [-0.4, -0.2) is 43.3 Å². The summed E-state index contributed by atoms with van der Waals surface area (Å²) in [5, 5.41) is 9.48. The quantitative estimate of drug-likeness (QED) is 0.474. The Hall–Kier alpha value is -3.51. The Kier molecular flexibility index (Phi) is 7.70. The van der Waals surface area contributed by atoms with E-state index in [2.05, 4.69) is 11.0 Å². The summed E-state index contributed by atoms with van der Waals surface area (Å²) in [4.78, 5) is 13.9. The third-order valence-electron chi connectivity index (χ3n) is 6.42. The molecule has 1 aliphatic rings. The first-order valence-corrected chi connectivity index (χ1v) is 11.5. The molecule has 0 aliphatic carbocycles. The molecule has 3 aromatic rings. The van der Waals surface area contributed by atoms with E-state index in [1.165, 1.54) is 0 Å². The maximum absolute atomic E-state index is 11.5. The smallest absolute Gasteiger partial charge is 0.306 e. The molecule has 1 saturated heterocycles. The van der Waals surface area contributed by atoms with Crippen LogP contribution in [0.1, 0.15) is 35.6 Å². The second-order valence-corrected chi connectivity index (χ2v) is 8.48. The summed E-state index contributed by atoms with van der Waals surface area (Å²) in [5.74, 6) is 1.13. The van der Waals surface area contributed by atoms with E-state index in [1.807, 2.05) is 66.7 Å². The van der Waals surface area contributed by atoms with Gasteiger partial charge < -0.3 is 19.3 Å². The van der Waals surface area contributed by atoms with E-state index in [0.717, 1.165) is 22.4 Å². The molecule has 0 aromatic heterocycles. The molecule has 178 valence electrons. The Balaban J connectivity index is 1.70. The van der Waals surface area contributed by atoms with Gasteiger partial charge in [0.1, 0.15) is 12.4 Å². The van der Waals surface area contributed by atoms with Crippen molar-refractivity contribution >= 4 is 5.97 Å². The van der Waals surface area contributed by atoms with Gasteiger partial charge in [0.2, 0.25) is 0 Å². The van der Waals surface area contributed by atoms with Gasteiger partial charge in [0.05, 0.1) is 26.2 Å². The predicted molar refractivity (Wildman–Crippen MR) is 131 cm³/mol. The molecule has 0 spiro atoms. The van der Waals surface area contributed by atoms with E-state index in [-0.39, 0.29) is 12.0 Å². The van der Waals surface area contributed by atoms with Gasteiger partial charge >= 0.3 is 5.97 Å². The first-order chi connectivity index (χ1) is 16.6. The molecule has 0 bridgehead atoms. The van der Waals surface area contributed by atoms with Crippen LogP contribution in [0.2, 0.25) is 0 Å². The van der Waals surface area contributed by atoms with Gasteiger partial charge in [-0.05, 0) is 55.3 Å². The zero-order chi connectivity index (χ0) is 23.9. The van der Waals surface area contributed by atoms with Crippen LogP contribution in [0.15, 0.2) is 72.8 Å². The number of hydrogen-bond donors (Lipinski definition) is 1. The lowest BCUT2D eigenvalue weighted by molar-refractivity contribution is -0.143. The SMILES string of the molecule is COc1ccc(C(c2ccccc2OCc2ccccc2)N2CCC(C(=O)O)CC2)cc1OC. The van der Waals surface area contributed by atoms with Gasteiger partial charge in [-0.2, -0.15) is 0 Å². The molecular weight excluding hydrogens is 430 g/mol. The van der Waals surface area contributed by atoms with Crippen molar-refractivity contribution in [1.29, 1.82) is 0 Å². The maximum atomic E-state index is 11.5. The number of carboxylic acids is 1. The number of ether oxygens (including phenoxy) is 3. The van der Waals surface area contributed by atoms with E-state index in [0.29, 0.717) is 44.0 Å². The molecule has 1 aliphatic heterocycles. The fourth-order valence-corrected chi connectivity index (χ4v) is 4.59. The second-order valence-electron chi connectivity index (χ2n) is 8.48. The lowest BCUT2D eigenvalue weighted by atomic mass is 9.90. The van der Waals surface area contributed by atoms with Crippen molar-refractivity contribution in [1.82, 2.24) is 4.90 Å². The van der Waals surface area contributed by atoms with Crippen molar-refractivity contribution in [3.63, 3.8) is 0 Å². The number of piperidine rings is 1.